The quantitative estimate of drug-likeness (QED) is 0.0923. The Hall–Kier alpha value is -7.12. The molecule has 338 valence electrons. The molecule has 0 radical (unpaired) electrons. The minimum Gasteiger partial charge on any atom is -0.369 e. The zero-order valence-corrected chi connectivity index (χ0v) is 39.4. The first-order chi connectivity index (χ1) is 31.8. The number of imidazole rings is 2. The second-order valence-electron chi connectivity index (χ2n) is 16.4. The first-order valence-electron chi connectivity index (χ1n) is 21.2. The first-order valence-corrected chi connectivity index (χ1v) is 22.0. The number of piperazine rings is 1. The number of benzene rings is 2. The van der Waals surface area contributed by atoms with Gasteiger partial charge in [0, 0.05) is 88.1 Å². The van der Waals surface area contributed by atoms with Gasteiger partial charge in [-0.05, 0) is 68.4 Å². The molecule has 0 saturated carbocycles. The Morgan fingerprint density at radius 3 is 1.47 bits per heavy atom. The monoisotopic (exact) mass is 954 g/mol. The summed E-state index contributed by atoms with van der Waals surface area (Å²) in [5.74, 6) is 2.38. The minimum absolute atomic E-state index is 0.421. The Kier molecular flexibility index (Phi) is 13.7. The second-order valence-corrected chi connectivity index (χ2v) is 17.3. The fourth-order valence-corrected chi connectivity index (χ4v) is 7.61. The number of hydrogen-bond acceptors (Lipinski definition) is 12. The summed E-state index contributed by atoms with van der Waals surface area (Å²) >= 11 is 3.46. The average Bonchev–Trinajstić information content (AvgIpc) is 3.84. The number of halogens is 3. The third-order valence-corrected chi connectivity index (χ3v) is 11.1. The number of aliphatic imine (C=N–C) groups is 2. The van der Waals surface area contributed by atoms with E-state index >= 15 is 0 Å². The summed E-state index contributed by atoms with van der Waals surface area (Å²) in [5.41, 5.74) is 6.89. The highest BCUT2D eigenvalue weighted by Crippen LogP contribution is 2.32. The van der Waals surface area contributed by atoms with Crippen molar-refractivity contribution in [2.75, 3.05) is 66.3 Å². The van der Waals surface area contributed by atoms with E-state index in [9.17, 15) is 8.78 Å². The van der Waals surface area contributed by atoms with Crippen LogP contribution in [0.2, 0.25) is 0 Å². The van der Waals surface area contributed by atoms with Crippen LogP contribution in [0.3, 0.4) is 0 Å². The van der Waals surface area contributed by atoms with Crippen molar-refractivity contribution in [2.24, 2.45) is 9.98 Å². The fraction of sp³-hybridized carbons (Fsp3) is 0.277. The largest absolute Gasteiger partial charge is 0.369 e. The highest BCUT2D eigenvalue weighted by Gasteiger charge is 2.22. The molecule has 2 aromatic carbocycles. The number of pyridine rings is 2. The molecule has 0 atom stereocenters. The van der Waals surface area contributed by atoms with Crippen molar-refractivity contribution in [3.63, 3.8) is 0 Å². The van der Waals surface area contributed by atoms with Crippen LogP contribution in [0.15, 0.2) is 99.9 Å². The summed E-state index contributed by atoms with van der Waals surface area (Å²) in [6.45, 7) is 8.82. The van der Waals surface area contributed by atoms with Crippen LogP contribution in [-0.2, 0) is 13.1 Å². The van der Waals surface area contributed by atoms with Crippen LogP contribution < -0.4 is 4.90 Å². The van der Waals surface area contributed by atoms with Gasteiger partial charge in [-0.15, -0.1) is 0 Å². The smallest absolute Gasteiger partial charge is 0.185 e. The average molecular weight is 956 g/mol. The second kappa shape index (κ2) is 20.0. The molecule has 66 heavy (non-hydrogen) atoms. The maximum Gasteiger partial charge on any atom is 0.185 e. The molecule has 8 aromatic rings. The Balaban J connectivity index is 0.000000182. The van der Waals surface area contributed by atoms with Crippen LogP contribution in [0.25, 0.3) is 45.1 Å². The summed E-state index contributed by atoms with van der Waals surface area (Å²) < 4.78 is 32.9. The number of fused-ring (bicyclic) bond motifs is 2. The predicted molar refractivity (Wildman–Crippen MR) is 259 cm³/mol. The minimum atomic E-state index is -0.428. The van der Waals surface area contributed by atoms with Gasteiger partial charge in [-0.1, -0.05) is 40.2 Å². The molecule has 0 amide bonds. The molecule has 1 fully saturated rings. The SMILES string of the molecule is Cc1nc(N=CN(C)C)c2nc(-c3cncc(F)c3)n(Cc3ccc(Br)cc3)c2n1.Cc1nc(N=CN(C)C)c2nc(-c3cncc(F)c3)n(Cc3ccc(N4CCN(C)CC4)cc3)c2n1. The molecule has 0 spiro atoms. The van der Waals surface area contributed by atoms with Crippen LogP contribution in [0.4, 0.5) is 26.1 Å². The number of aryl methyl sites for hydroxylation is 2. The topological polar surface area (TPSA) is 151 Å². The van der Waals surface area contributed by atoms with Gasteiger partial charge in [0.1, 0.15) is 34.9 Å². The van der Waals surface area contributed by atoms with Gasteiger partial charge in [0.25, 0.3) is 0 Å². The molecule has 1 aliphatic rings. The lowest BCUT2D eigenvalue weighted by molar-refractivity contribution is 0.313. The predicted octanol–water partition coefficient (Wildman–Crippen LogP) is 7.73. The highest BCUT2D eigenvalue weighted by atomic mass is 79.9. The Bertz CT molecular complexity index is 3030. The van der Waals surface area contributed by atoms with Crippen molar-refractivity contribution < 1.29 is 8.78 Å². The molecule has 16 nitrogen and oxygen atoms in total. The maximum atomic E-state index is 14.1. The molecule has 1 saturated heterocycles. The van der Waals surface area contributed by atoms with Crippen LogP contribution in [0.5, 0.6) is 0 Å². The van der Waals surface area contributed by atoms with Gasteiger partial charge in [-0.25, -0.2) is 48.7 Å². The van der Waals surface area contributed by atoms with Crippen molar-refractivity contribution in [1.82, 2.24) is 63.7 Å². The molecule has 19 heteroatoms. The van der Waals surface area contributed by atoms with Gasteiger partial charge in [0.15, 0.2) is 34.0 Å². The number of aromatic nitrogens is 10. The summed E-state index contributed by atoms with van der Waals surface area (Å²) in [7, 11) is 9.70. The number of likely N-dealkylation sites (N-methyl/N-ethyl adjacent to an activating group) is 1. The molecular formula is C47H49BrF2N16. The lowest BCUT2D eigenvalue weighted by atomic mass is 10.1. The normalized spacial score (nSPS) is 13.3. The zero-order valence-electron chi connectivity index (χ0n) is 37.8. The van der Waals surface area contributed by atoms with Gasteiger partial charge in [0.05, 0.1) is 38.2 Å². The van der Waals surface area contributed by atoms with E-state index in [4.69, 9.17) is 15.0 Å². The van der Waals surface area contributed by atoms with Crippen LogP contribution >= 0.6 is 15.9 Å². The molecule has 7 heterocycles. The molecule has 0 bridgehead atoms. The van der Waals surface area contributed by atoms with Crippen LogP contribution in [0.1, 0.15) is 22.8 Å². The van der Waals surface area contributed by atoms with Crippen LogP contribution in [-0.4, -0.2) is 138 Å². The summed E-state index contributed by atoms with van der Waals surface area (Å²) in [6.07, 6.45) is 8.90. The van der Waals surface area contributed by atoms with Crippen molar-refractivity contribution in [3.8, 4) is 22.8 Å². The number of hydrogen-bond donors (Lipinski definition) is 0. The van der Waals surface area contributed by atoms with Gasteiger partial charge in [0.2, 0.25) is 0 Å². The van der Waals surface area contributed by atoms with Gasteiger partial charge in [-0.2, -0.15) is 0 Å². The first kappa shape index (κ1) is 45.4. The molecule has 0 unspecified atom stereocenters. The highest BCUT2D eigenvalue weighted by molar-refractivity contribution is 9.10. The number of rotatable bonds is 11. The Labute approximate surface area is 389 Å². The molecule has 6 aromatic heterocycles. The molecule has 0 aliphatic carbocycles. The fourth-order valence-electron chi connectivity index (χ4n) is 7.35. The zero-order chi connectivity index (χ0) is 46.5. The Morgan fingerprint density at radius 1 is 0.606 bits per heavy atom. The molecule has 9 rings (SSSR count). The van der Waals surface area contributed by atoms with E-state index in [-0.39, 0.29) is 0 Å². The summed E-state index contributed by atoms with van der Waals surface area (Å²) in [6, 6.07) is 19.4. The van der Waals surface area contributed by atoms with E-state index in [1.165, 1.54) is 30.2 Å². The number of nitrogens with zero attached hydrogens (tertiary/aromatic N) is 16. The maximum absolute atomic E-state index is 14.1. The van der Waals surface area contributed by atoms with Crippen molar-refractivity contribution in [2.45, 2.75) is 26.9 Å². The lowest BCUT2D eigenvalue weighted by Crippen LogP contribution is -2.44. The standard InChI is InChI=1S/C26H30FN9.C21H19BrFN7/c1-18-30-24(29-17-33(2)3)23-26(31-18)36(25(32-23)20-13-21(27)15-28-14-20)16-19-5-7-22(8-6-19)35-11-9-34(4)10-12-35;1-13-26-19(25-12-29(2)3)18-21(27-13)30(11-14-4-6-16(22)7-5-14)20(28-18)15-8-17(23)10-24-9-15/h5-8,13-15,17H,9-12,16H2,1-4H3;4-10,12H,11H2,1-3H3. The lowest BCUT2D eigenvalue weighted by Gasteiger charge is -2.34. The summed E-state index contributed by atoms with van der Waals surface area (Å²) in [4.78, 5) is 53.2. The van der Waals surface area contributed by atoms with E-state index < -0.39 is 11.6 Å². The van der Waals surface area contributed by atoms with E-state index in [1.54, 1.807) is 25.1 Å². The third kappa shape index (κ3) is 10.7. The van der Waals surface area contributed by atoms with E-state index in [0.29, 0.717) is 81.5 Å². The van der Waals surface area contributed by atoms with Gasteiger partial charge in [-0.3, -0.25) is 9.97 Å². The van der Waals surface area contributed by atoms with E-state index in [2.05, 4.69) is 91.9 Å². The van der Waals surface area contributed by atoms with E-state index in [0.717, 1.165) is 41.8 Å². The van der Waals surface area contributed by atoms with Gasteiger partial charge < -0.3 is 28.7 Å². The molecule has 0 N–H and O–H groups in total. The molecule has 1 aliphatic heterocycles. The summed E-state index contributed by atoms with van der Waals surface area (Å²) in [5, 5.41) is 0. The number of anilines is 1. The van der Waals surface area contributed by atoms with Gasteiger partial charge >= 0.3 is 0 Å². The van der Waals surface area contributed by atoms with Crippen molar-refractivity contribution >= 4 is 68.3 Å². The van der Waals surface area contributed by atoms with Crippen molar-refractivity contribution in [1.29, 1.82) is 0 Å². The van der Waals surface area contributed by atoms with E-state index in [1.807, 2.05) is 85.2 Å². The molecular weight excluding hydrogens is 907 g/mol. The Morgan fingerprint density at radius 2 is 1.05 bits per heavy atom. The van der Waals surface area contributed by atoms with Crippen LogP contribution in [0, 0.1) is 25.5 Å². The third-order valence-electron chi connectivity index (χ3n) is 10.5. The van der Waals surface area contributed by atoms with Crippen molar-refractivity contribution in [3.05, 3.63) is 124 Å².